The molecule has 4 heteroatoms. The molecule has 0 aliphatic rings. The van der Waals surface area contributed by atoms with E-state index in [4.69, 9.17) is 4.42 Å². The lowest BCUT2D eigenvalue weighted by atomic mass is 10.2. The van der Waals surface area contributed by atoms with E-state index >= 15 is 0 Å². The molecule has 18 heavy (non-hydrogen) atoms. The van der Waals surface area contributed by atoms with E-state index in [2.05, 4.69) is 15.9 Å². The van der Waals surface area contributed by atoms with Gasteiger partial charge in [-0.1, -0.05) is 34.5 Å². The fraction of sp³-hybridized carbons (Fsp3) is 0.357. The Balaban J connectivity index is 2.28. The van der Waals surface area contributed by atoms with Crippen molar-refractivity contribution < 1.29 is 9.21 Å². The molecule has 0 aliphatic heterocycles. The van der Waals surface area contributed by atoms with E-state index in [-0.39, 0.29) is 10.7 Å². The Morgan fingerprint density at radius 2 is 2.17 bits per heavy atom. The van der Waals surface area contributed by atoms with E-state index in [0.717, 1.165) is 16.5 Å². The highest BCUT2D eigenvalue weighted by atomic mass is 79.9. The van der Waals surface area contributed by atoms with Crippen molar-refractivity contribution in [1.29, 1.82) is 0 Å². The van der Waals surface area contributed by atoms with Crippen LogP contribution in [0, 0.1) is 6.92 Å². The first kappa shape index (κ1) is 13.1. The quantitative estimate of drug-likeness (QED) is 0.812. The van der Waals surface area contributed by atoms with Crippen LogP contribution in [0.25, 0.3) is 11.0 Å². The molecule has 0 radical (unpaired) electrons. The van der Waals surface area contributed by atoms with Crippen LogP contribution < -0.4 is 0 Å². The first-order chi connectivity index (χ1) is 8.47. The van der Waals surface area contributed by atoms with Crippen molar-refractivity contribution in [3.8, 4) is 0 Å². The Kier molecular flexibility index (Phi) is 3.76. The second-order valence-corrected chi connectivity index (χ2v) is 6.18. The van der Waals surface area contributed by atoms with Gasteiger partial charge < -0.3 is 9.32 Å². The Bertz CT molecular complexity index is 574. The van der Waals surface area contributed by atoms with Crippen LogP contribution in [0.4, 0.5) is 0 Å². The summed E-state index contributed by atoms with van der Waals surface area (Å²) in [5.41, 5.74) is 1.91. The largest absolute Gasteiger partial charge is 0.451 e. The molecular formula is C14H16BrNO2. The molecule has 1 unspecified atom stereocenters. The molecule has 1 amide bonds. The van der Waals surface area contributed by atoms with E-state index in [1.54, 1.807) is 18.0 Å². The number of carbonyl (C=O) groups excluding carboxylic acids is 1. The van der Waals surface area contributed by atoms with E-state index in [1.165, 1.54) is 0 Å². The third-order valence-corrected chi connectivity index (χ3v) is 3.04. The van der Waals surface area contributed by atoms with Crippen molar-refractivity contribution in [2.24, 2.45) is 0 Å². The zero-order valence-corrected chi connectivity index (χ0v) is 12.3. The van der Waals surface area contributed by atoms with Crippen LogP contribution in [-0.2, 0) is 0 Å². The first-order valence-corrected chi connectivity index (χ1v) is 6.78. The molecule has 0 N–H and O–H groups in total. The highest BCUT2D eigenvalue weighted by Gasteiger charge is 2.17. The fourth-order valence-electron chi connectivity index (χ4n) is 1.92. The topological polar surface area (TPSA) is 33.5 Å². The molecule has 0 saturated heterocycles. The maximum Gasteiger partial charge on any atom is 0.289 e. The predicted molar refractivity (Wildman–Crippen MR) is 76.3 cm³/mol. The maximum absolute atomic E-state index is 12.1. The van der Waals surface area contributed by atoms with Crippen LogP contribution in [0.2, 0.25) is 0 Å². The van der Waals surface area contributed by atoms with Gasteiger partial charge in [-0.3, -0.25) is 4.79 Å². The van der Waals surface area contributed by atoms with E-state index < -0.39 is 0 Å². The highest BCUT2D eigenvalue weighted by molar-refractivity contribution is 9.09. The highest BCUT2D eigenvalue weighted by Crippen LogP contribution is 2.21. The lowest BCUT2D eigenvalue weighted by Gasteiger charge is -2.16. The molecule has 0 saturated carbocycles. The van der Waals surface area contributed by atoms with Gasteiger partial charge in [0.1, 0.15) is 5.58 Å². The number of amides is 1. The number of furan rings is 1. The Morgan fingerprint density at radius 3 is 2.83 bits per heavy atom. The SMILES string of the molecule is Cc1ccc2oc(C(=O)N(C)CC(C)Br)cc2c1. The summed E-state index contributed by atoms with van der Waals surface area (Å²) in [7, 11) is 1.78. The third-order valence-electron chi connectivity index (χ3n) is 2.75. The number of hydrogen-bond acceptors (Lipinski definition) is 2. The van der Waals surface area contributed by atoms with E-state index in [9.17, 15) is 4.79 Å². The van der Waals surface area contributed by atoms with Crippen LogP contribution in [-0.4, -0.2) is 29.2 Å². The second-order valence-electron chi connectivity index (χ2n) is 4.62. The monoisotopic (exact) mass is 309 g/mol. The molecule has 0 bridgehead atoms. The molecule has 0 aliphatic carbocycles. The van der Waals surface area contributed by atoms with Gasteiger partial charge in [-0.25, -0.2) is 0 Å². The summed E-state index contributed by atoms with van der Waals surface area (Å²) >= 11 is 3.44. The normalized spacial score (nSPS) is 12.7. The second kappa shape index (κ2) is 5.14. The minimum Gasteiger partial charge on any atom is -0.451 e. The van der Waals surface area contributed by atoms with Crippen LogP contribution in [0.5, 0.6) is 0 Å². The fourth-order valence-corrected chi connectivity index (χ4v) is 2.35. The Hall–Kier alpha value is -1.29. The number of aryl methyl sites for hydroxylation is 1. The van der Waals surface area contributed by atoms with Gasteiger partial charge in [0.15, 0.2) is 5.76 Å². The van der Waals surface area contributed by atoms with Crippen LogP contribution in [0.1, 0.15) is 23.0 Å². The lowest BCUT2D eigenvalue weighted by Crippen LogP contribution is -2.30. The van der Waals surface area contributed by atoms with Gasteiger partial charge in [0.25, 0.3) is 5.91 Å². The van der Waals surface area contributed by atoms with E-state index in [0.29, 0.717) is 12.3 Å². The lowest BCUT2D eigenvalue weighted by molar-refractivity contribution is 0.0768. The van der Waals surface area contributed by atoms with Crippen molar-refractivity contribution >= 4 is 32.8 Å². The van der Waals surface area contributed by atoms with Crippen molar-refractivity contribution in [1.82, 2.24) is 4.90 Å². The summed E-state index contributed by atoms with van der Waals surface area (Å²) in [5, 5.41) is 0.971. The zero-order chi connectivity index (χ0) is 13.3. The number of benzene rings is 1. The van der Waals surface area contributed by atoms with Gasteiger partial charge in [0.2, 0.25) is 0 Å². The summed E-state index contributed by atoms with van der Waals surface area (Å²) < 4.78 is 5.58. The standard InChI is InChI=1S/C14H16BrNO2/c1-9-4-5-12-11(6-9)7-13(18-12)14(17)16(3)8-10(2)15/h4-7,10H,8H2,1-3H3. The molecule has 1 aromatic heterocycles. The summed E-state index contributed by atoms with van der Waals surface area (Å²) in [5.74, 6) is 0.307. The summed E-state index contributed by atoms with van der Waals surface area (Å²) in [6, 6.07) is 7.70. The van der Waals surface area contributed by atoms with Crippen molar-refractivity contribution in [2.75, 3.05) is 13.6 Å². The number of fused-ring (bicyclic) bond motifs is 1. The number of carbonyl (C=O) groups is 1. The smallest absolute Gasteiger partial charge is 0.289 e. The van der Waals surface area contributed by atoms with Crippen LogP contribution in [0.15, 0.2) is 28.7 Å². The van der Waals surface area contributed by atoms with Crippen molar-refractivity contribution in [2.45, 2.75) is 18.7 Å². The summed E-state index contributed by atoms with van der Waals surface area (Å²) in [6.07, 6.45) is 0. The molecule has 96 valence electrons. The molecule has 1 heterocycles. The van der Waals surface area contributed by atoms with Gasteiger partial charge in [-0.15, -0.1) is 0 Å². The van der Waals surface area contributed by atoms with E-state index in [1.807, 2.05) is 32.0 Å². The average molecular weight is 310 g/mol. The zero-order valence-electron chi connectivity index (χ0n) is 10.7. The number of rotatable bonds is 3. The van der Waals surface area contributed by atoms with Gasteiger partial charge in [0, 0.05) is 23.8 Å². The number of alkyl halides is 1. The Labute approximate surface area is 115 Å². The minimum atomic E-state index is -0.0878. The van der Waals surface area contributed by atoms with Gasteiger partial charge in [-0.2, -0.15) is 0 Å². The summed E-state index contributed by atoms with van der Waals surface area (Å²) in [6.45, 7) is 4.67. The molecule has 0 spiro atoms. The summed E-state index contributed by atoms with van der Waals surface area (Å²) in [4.78, 5) is 14.1. The van der Waals surface area contributed by atoms with Crippen LogP contribution >= 0.6 is 15.9 Å². The van der Waals surface area contributed by atoms with Crippen molar-refractivity contribution in [3.63, 3.8) is 0 Å². The third kappa shape index (κ3) is 2.75. The number of halogens is 1. The maximum atomic E-state index is 12.1. The number of nitrogens with zero attached hydrogens (tertiary/aromatic N) is 1. The minimum absolute atomic E-state index is 0.0878. The molecule has 3 nitrogen and oxygen atoms in total. The average Bonchev–Trinajstić information content (AvgIpc) is 2.69. The molecule has 1 aromatic carbocycles. The number of hydrogen-bond donors (Lipinski definition) is 0. The van der Waals surface area contributed by atoms with Gasteiger partial charge in [0.05, 0.1) is 0 Å². The Morgan fingerprint density at radius 1 is 1.44 bits per heavy atom. The van der Waals surface area contributed by atoms with Crippen molar-refractivity contribution in [3.05, 3.63) is 35.6 Å². The predicted octanol–water partition coefficient (Wildman–Crippen LogP) is 3.60. The molecule has 2 aromatic rings. The van der Waals surface area contributed by atoms with Gasteiger partial charge in [-0.05, 0) is 25.1 Å². The van der Waals surface area contributed by atoms with Gasteiger partial charge >= 0.3 is 0 Å². The molecule has 1 atom stereocenters. The van der Waals surface area contributed by atoms with Crippen LogP contribution in [0.3, 0.4) is 0 Å². The molecular weight excluding hydrogens is 294 g/mol. The first-order valence-electron chi connectivity index (χ1n) is 5.87. The molecule has 0 fully saturated rings. The molecule has 2 rings (SSSR count).